The lowest BCUT2D eigenvalue weighted by Gasteiger charge is -2.32. The van der Waals surface area contributed by atoms with E-state index in [1.807, 2.05) is 0 Å². The second-order valence-electron chi connectivity index (χ2n) is 12.6. The monoisotopic (exact) mass is 614 g/mol. The number of nitrogens with zero attached hydrogens (tertiary/aromatic N) is 2. The summed E-state index contributed by atoms with van der Waals surface area (Å²) in [5, 5.41) is 4.89. The van der Waals surface area contributed by atoms with Gasteiger partial charge in [0.15, 0.2) is 0 Å². The maximum absolute atomic E-state index is 2.50. The summed E-state index contributed by atoms with van der Waals surface area (Å²) in [6.45, 7) is 0. The molecule has 1 aliphatic rings. The fourth-order valence-corrected chi connectivity index (χ4v) is 7.64. The van der Waals surface area contributed by atoms with Crippen LogP contribution < -0.4 is 9.80 Å². The Morgan fingerprint density at radius 3 is 1.60 bits per heavy atom. The van der Waals surface area contributed by atoms with Crippen molar-refractivity contribution in [3.63, 3.8) is 0 Å². The first-order valence-electron chi connectivity index (χ1n) is 16.6. The molecule has 8 aromatic rings. The molecule has 2 nitrogen and oxygen atoms in total. The zero-order chi connectivity index (χ0) is 32.0. The van der Waals surface area contributed by atoms with Crippen LogP contribution in [0.25, 0.3) is 43.8 Å². The predicted molar refractivity (Wildman–Crippen MR) is 204 cm³/mol. The smallest absolute Gasteiger partial charge is 0.0547 e. The molecule has 0 aromatic heterocycles. The molecule has 1 aliphatic carbocycles. The molecule has 0 N–H and O–H groups in total. The van der Waals surface area contributed by atoms with E-state index in [0.29, 0.717) is 0 Å². The first-order chi connectivity index (χ1) is 23.8. The second-order valence-corrected chi connectivity index (χ2v) is 12.6. The van der Waals surface area contributed by atoms with Crippen LogP contribution in [-0.4, -0.2) is 7.05 Å². The average Bonchev–Trinajstić information content (AvgIpc) is 3.54. The third kappa shape index (κ3) is 4.57. The number of fused-ring (bicyclic) bond motifs is 5. The summed E-state index contributed by atoms with van der Waals surface area (Å²) in [6, 6.07) is 64.0. The lowest BCUT2D eigenvalue weighted by Crippen LogP contribution is -2.14. The maximum atomic E-state index is 2.50. The first kappa shape index (κ1) is 28.1. The predicted octanol–water partition coefficient (Wildman–Crippen LogP) is 12.5. The SMILES string of the molecule is CN(c1ccccc1)c1ccc2ccccc2c1-c1c(N(c2ccccc2)c2cccc3c2-c2ccccc2C3)ccc2ccccc12. The van der Waals surface area contributed by atoms with Gasteiger partial charge in [0.2, 0.25) is 0 Å². The molecule has 48 heavy (non-hydrogen) atoms. The van der Waals surface area contributed by atoms with Crippen LogP contribution in [-0.2, 0) is 6.42 Å². The summed E-state index contributed by atoms with van der Waals surface area (Å²) < 4.78 is 0. The highest BCUT2D eigenvalue weighted by molar-refractivity contribution is 6.15. The van der Waals surface area contributed by atoms with Gasteiger partial charge in [0.05, 0.1) is 11.4 Å². The zero-order valence-corrected chi connectivity index (χ0v) is 26.8. The van der Waals surface area contributed by atoms with Crippen molar-refractivity contribution in [1.29, 1.82) is 0 Å². The molecule has 2 heteroatoms. The number of hydrogen-bond acceptors (Lipinski definition) is 2. The van der Waals surface area contributed by atoms with Gasteiger partial charge in [-0.3, -0.25) is 0 Å². The van der Waals surface area contributed by atoms with E-state index in [4.69, 9.17) is 0 Å². The van der Waals surface area contributed by atoms with E-state index in [2.05, 4.69) is 193 Å². The molecule has 0 heterocycles. The van der Waals surface area contributed by atoms with Crippen molar-refractivity contribution in [2.75, 3.05) is 16.8 Å². The van der Waals surface area contributed by atoms with Crippen LogP contribution in [0.1, 0.15) is 11.1 Å². The van der Waals surface area contributed by atoms with Gasteiger partial charge in [-0.25, -0.2) is 0 Å². The Morgan fingerprint density at radius 2 is 0.896 bits per heavy atom. The lowest BCUT2D eigenvalue weighted by molar-refractivity contribution is 1.21. The molecule has 8 aromatic carbocycles. The van der Waals surface area contributed by atoms with Crippen molar-refractivity contribution < 1.29 is 0 Å². The van der Waals surface area contributed by atoms with Gasteiger partial charge in [-0.05, 0) is 87.1 Å². The van der Waals surface area contributed by atoms with Crippen LogP contribution in [0.4, 0.5) is 28.4 Å². The minimum absolute atomic E-state index is 0.946. The Bertz CT molecular complexity index is 2450. The number of hydrogen-bond donors (Lipinski definition) is 0. The van der Waals surface area contributed by atoms with E-state index in [1.165, 1.54) is 60.6 Å². The van der Waals surface area contributed by atoms with Gasteiger partial charge in [0.1, 0.15) is 0 Å². The molecule has 0 fully saturated rings. The van der Waals surface area contributed by atoms with Crippen LogP contribution in [0.15, 0.2) is 176 Å². The topological polar surface area (TPSA) is 6.48 Å². The van der Waals surface area contributed by atoms with Crippen molar-refractivity contribution in [3.8, 4) is 22.3 Å². The molecule has 0 aliphatic heterocycles. The van der Waals surface area contributed by atoms with Gasteiger partial charge >= 0.3 is 0 Å². The molecule has 0 spiro atoms. The van der Waals surface area contributed by atoms with Gasteiger partial charge in [-0.15, -0.1) is 0 Å². The number of rotatable bonds is 6. The lowest BCUT2D eigenvalue weighted by atomic mass is 9.89. The van der Waals surface area contributed by atoms with Crippen LogP contribution >= 0.6 is 0 Å². The normalized spacial score (nSPS) is 11.8. The van der Waals surface area contributed by atoms with Crippen molar-refractivity contribution in [3.05, 3.63) is 187 Å². The van der Waals surface area contributed by atoms with E-state index in [-0.39, 0.29) is 0 Å². The fraction of sp³-hybridized carbons (Fsp3) is 0.0435. The first-order valence-corrected chi connectivity index (χ1v) is 16.6. The number of benzene rings is 8. The fourth-order valence-electron chi connectivity index (χ4n) is 7.64. The Balaban J connectivity index is 1.41. The molecule has 0 amide bonds. The maximum Gasteiger partial charge on any atom is 0.0547 e. The summed E-state index contributed by atoms with van der Waals surface area (Å²) >= 11 is 0. The third-order valence-electron chi connectivity index (χ3n) is 9.86. The molecule has 228 valence electrons. The summed E-state index contributed by atoms with van der Waals surface area (Å²) in [4.78, 5) is 4.83. The van der Waals surface area contributed by atoms with Crippen molar-refractivity contribution in [1.82, 2.24) is 0 Å². The highest BCUT2D eigenvalue weighted by atomic mass is 15.2. The molecule has 0 bridgehead atoms. The van der Waals surface area contributed by atoms with E-state index < -0.39 is 0 Å². The van der Waals surface area contributed by atoms with E-state index in [9.17, 15) is 0 Å². The van der Waals surface area contributed by atoms with Gasteiger partial charge in [-0.1, -0.05) is 133 Å². The van der Waals surface area contributed by atoms with Gasteiger partial charge in [0, 0.05) is 40.8 Å². The Kier molecular flexibility index (Phi) is 6.80. The van der Waals surface area contributed by atoms with E-state index in [1.54, 1.807) is 0 Å². The van der Waals surface area contributed by atoms with E-state index in [0.717, 1.165) is 29.2 Å². The molecule has 0 unspecified atom stereocenters. The molecule has 0 radical (unpaired) electrons. The number of para-hydroxylation sites is 2. The summed E-state index contributed by atoms with van der Waals surface area (Å²) in [6.07, 6.45) is 0.946. The Labute approximate surface area is 281 Å². The molecule has 0 saturated carbocycles. The highest BCUT2D eigenvalue weighted by Crippen LogP contribution is 2.52. The Hall–Kier alpha value is -6.12. The number of anilines is 5. The zero-order valence-electron chi connectivity index (χ0n) is 26.8. The van der Waals surface area contributed by atoms with Crippen LogP contribution in [0, 0.1) is 0 Å². The van der Waals surface area contributed by atoms with E-state index >= 15 is 0 Å². The second kappa shape index (κ2) is 11.6. The molecule has 9 rings (SSSR count). The minimum atomic E-state index is 0.946. The minimum Gasteiger partial charge on any atom is -0.344 e. The van der Waals surface area contributed by atoms with Crippen molar-refractivity contribution in [2.24, 2.45) is 0 Å². The van der Waals surface area contributed by atoms with Gasteiger partial charge in [0.25, 0.3) is 0 Å². The van der Waals surface area contributed by atoms with Gasteiger partial charge in [-0.2, -0.15) is 0 Å². The van der Waals surface area contributed by atoms with Crippen LogP contribution in [0.5, 0.6) is 0 Å². The highest BCUT2D eigenvalue weighted by Gasteiger charge is 2.28. The van der Waals surface area contributed by atoms with Gasteiger partial charge < -0.3 is 9.80 Å². The molecule has 0 saturated heterocycles. The molecular formula is C46H34N2. The summed E-state index contributed by atoms with van der Waals surface area (Å²) in [5.41, 5.74) is 13.6. The standard InChI is InChI=1S/C46H34N2/c1-47(36-19-4-2-5-20-36)41-29-27-32-15-8-11-23-38(32)45(41)46-39-24-12-9-16-33(39)28-30-43(46)48(37-21-6-3-7-22-37)42-26-14-18-35-31-34-17-10-13-25-40(34)44(35)42/h2-30H,31H2,1H3. The Morgan fingerprint density at radius 1 is 0.375 bits per heavy atom. The van der Waals surface area contributed by atoms with Crippen LogP contribution in [0.3, 0.4) is 0 Å². The van der Waals surface area contributed by atoms with Crippen LogP contribution in [0.2, 0.25) is 0 Å². The quantitative estimate of drug-likeness (QED) is 0.184. The summed E-state index contributed by atoms with van der Waals surface area (Å²) in [5.74, 6) is 0. The largest absolute Gasteiger partial charge is 0.344 e. The van der Waals surface area contributed by atoms with Crippen molar-refractivity contribution >= 4 is 50.0 Å². The average molecular weight is 615 g/mol. The molecule has 0 atom stereocenters. The third-order valence-corrected chi connectivity index (χ3v) is 9.86. The van der Waals surface area contributed by atoms with Crippen molar-refractivity contribution in [2.45, 2.75) is 6.42 Å². The molecular weight excluding hydrogens is 581 g/mol. The summed E-state index contributed by atoms with van der Waals surface area (Å²) in [7, 11) is 2.18.